The van der Waals surface area contributed by atoms with Gasteiger partial charge in [-0.2, -0.15) is 0 Å². The molecule has 0 heterocycles. The molecular weight excluding hydrogens is 528 g/mol. The van der Waals surface area contributed by atoms with Crippen molar-refractivity contribution >= 4 is 32.3 Å². The molecule has 8 rings (SSSR count). The molecular formula is C44H32. The molecule has 44 heavy (non-hydrogen) atoms. The summed E-state index contributed by atoms with van der Waals surface area (Å²) in [6.07, 6.45) is 0. The first-order chi connectivity index (χ1) is 21.7. The van der Waals surface area contributed by atoms with Gasteiger partial charge in [0.25, 0.3) is 0 Å². The van der Waals surface area contributed by atoms with Gasteiger partial charge < -0.3 is 0 Å². The van der Waals surface area contributed by atoms with Crippen LogP contribution in [0.2, 0.25) is 0 Å². The number of hydrogen-bond acceptors (Lipinski definition) is 0. The molecule has 0 heteroatoms. The van der Waals surface area contributed by atoms with Crippen LogP contribution in [-0.4, -0.2) is 0 Å². The lowest BCUT2D eigenvalue weighted by molar-refractivity contribution is 1.47. The Morgan fingerprint density at radius 3 is 0.795 bits per heavy atom. The summed E-state index contributed by atoms with van der Waals surface area (Å²) < 4.78 is 0. The van der Waals surface area contributed by atoms with Crippen molar-refractivity contribution in [1.29, 1.82) is 0 Å². The Balaban J connectivity index is 1.75. The third kappa shape index (κ3) is 4.22. The second-order valence-corrected chi connectivity index (χ2v) is 11.8. The molecule has 0 aromatic heterocycles. The van der Waals surface area contributed by atoms with Gasteiger partial charge in [-0.25, -0.2) is 0 Å². The van der Waals surface area contributed by atoms with Gasteiger partial charge in [-0.05, 0) is 90.7 Å². The fraction of sp³-hybridized carbons (Fsp3) is 0.0455. The molecule has 0 N–H and O–H groups in total. The predicted molar refractivity (Wildman–Crippen MR) is 190 cm³/mol. The van der Waals surface area contributed by atoms with Crippen molar-refractivity contribution in [3.63, 3.8) is 0 Å². The van der Waals surface area contributed by atoms with E-state index in [9.17, 15) is 0 Å². The highest BCUT2D eigenvalue weighted by Gasteiger charge is 2.25. The van der Waals surface area contributed by atoms with E-state index in [-0.39, 0.29) is 0 Å². The monoisotopic (exact) mass is 560 g/mol. The van der Waals surface area contributed by atoms with Crippen LogP contribution in [0.1, 0.15) is 11.1 Å². The van der Waals surface area contributed by atoms with Crippen molar-refractivity contribution < 1.29 is 0 Å². The van der Waals surface area contributed by atoms with Crippen molar-refractivity contribution in [3.05, 3.63) is 169 Å². The molecule has 0 spiro atoms. The Hall–Kier alpha value is -5.46. The minimum atomic E-state index is 1.23. The molecule has 0 unspecified atom stereocenters. The van der Waals surface area contributed by atoms with E-state index in [4.69, 9.17) is 0 Å². The van der Waals surface area contributed by atoms with Crippen LogP contribution in [0.5, 0.6) is 0 Å². The molecule has 0 nitrogen and oxygen atoms in total. The largest absolute Gasteiger partial charge is 0.0622 e. The Morgan fingerprint density at radius 1 is 0.250 bits per heavy atom. The van der Waals surface area contributed by atoms with Crippen molar-refractivity contribution in [2.24, 2.45) is 0 Å². The Labute approximate surface area is 258 Å². The van der Waals surface area contributed by atoms with Crippen molar-refractivity contribution in [2.75, 3.05) is 0 Å². The van der Waals surface area contributed by atoms with E-state index in [1.54, 1.807) is 0 Å². The van der Waals surface area contributed by atoms with E-state index >= 15 is 0 Å². The second-order valence-electron chi connectivity index (χ2n) is 11.8. The van der Waals surface area contributed by atoms with Gasteiger partial charge in [0.15, 0.2) is 0 Å². The predicted octanol–water partition coefficient (Wildman–Crippen LogP) is 12.4. The molecule has 8 aromatic carbocycles. The zero-order valence-electron chi connectivity index (χ0n) is 25.0. The van der Waals surface area contributed by atoms with E-state index in [0.29, 0.717) is 0 Å². The van der Waals surface area contributed by atoms with Gasteiger partial charge in [0.05, 0.1) is 0 Å². The standard InChI is InChI=1S/C44H32/c1-29-21-25-33(26-22-29)41-37-19-11-12-20-38(37)42(34-27-23-30(2)24-28-34)44-40(32-15-7-4-8-16-32)36-18-10-9-17-35(36)39(43(41)44)31-13-5-3-6-14-31/h3-28H,1-2H3. The summed E-state index contributed by atoms with van der Waals surface area (Å²) in [5.74, 6) is 0. The number of fused-ring (bicyclic) bond motifs is 3. The molecule has 0 atom stereocenters. The van der Waals surface area contributed by atoms with Gasteiger partial charge in [-0.3, -0.25) is 0 Å². The highest BCUT2D eigenvalue weighted by Crippen LogP contribution is 2.53. The van der Waals surface area contributed by atoms with Gasteiger partial charge in [-0.1, -0.05) is 169 Å². The molecule has 0 radical (unpaired) electrons. The van der Waals surface area contributed by atoms with Crippen molar-refractivity contribution in [1.82, 2.24) is 0 Å². The number of benzene rings is 8. The van der Waals surface area contributed by atoms with E-state index in [2.05, 4.69) is 172 Å². The molecule has 8 aromatic rings. The minimum Gasteiger partial charge on any atom is -0.0622 e. The molecule has 208 valence electrons. The van der Waals surface area contributed by atoms with Gasteiger partial charge >= 0.3 is 0 Å². The fourth-order valence-corrected chi connectivity index (χ4v) is 6.98. The van der Waals surface area contributed by atoms with Crippen LogP contribution in [0, 0.1) is 13.8 Å². The smallest absolute Gasteiger partial charge is 0.000139 e. The fourth-order valence-electron chi connectivity index (χ4n) is 6.98. The van der Waals surface area contributed by atoms with Crippen molar-refractivity contribution in [3.8, 4) is 44.5 Å². The van der Waals surface area contributed by atoms with E-state index < -0.39 is 0 Å². The summed E-state index contributed by atoms with van der Waals surface area (Å²) in [5, 5.41) is 7.67. The average Bonchev–Trinajstić information content (AvgIpc) is 3.08. The third-order valence-corrected chi connectivity index (χ3v) is 8.99. The summed E-state index contributed by atoms with van der Waals surface area (Å²) in [6, 6.07) is 58.1. The van der Waals surface area contributed by atoms with E-state index in [1.165, 1.54) is 88.0 Å². The molecule has 0 saturated carbocycles. The van der Waals surface area contributed by atoms with Gasteiger partial charge in [-0.15, -0.1) is 0 Å². The lowest BCUT2D eigenvalue weighted by Crippen LogP contribution is -1.97. The topological polar surface area (TPSA) is 0 Å². The molecule has 0 aliphatic rings. The lowest BCUT2D eigenvalue weighted by atomic mass is 9.77. The highest BCUT2D eigenvalue weighted by molar-refractivity contribution is 6.33. The number of rotatable bonds is 4. The normalized spacial score (nSPS) is 11.4. The van der Waals surface area contributed by atoms with Crippen LogP contribution in [0.15, 0.2) is 158 Å². The zero-order valence-corrected chi connectivity index (χ0v) is 25.0. The molecule has 0 aliphatic carbocycles. The van der Waals surface area contributed by atoms with Crippen LogP contribution < -0.4 is 0 Å². The second kappa shape index (κ2) is 10.7. The summed E-state index contributed by atoms with van der Waals surface area (Å²) >= 11 is 0. The van der Waals surface area contributed by atoms with Crippen LogP contribution in [0.25, 0.3) is 76.8 Å². The minimum absolute atomic E-state index is 1.23. The maximum atomic E-state index is 2.31. The first-order valence-corrected chi connectivity index (χ1v) is 15.4. The van der Waals surface area contributed by atoms with Crippen LogP contribution in [0.4, 0.5) is 0 Å². The Kier molecular flexibility index (Phi) is 6.35. The maximum absolute atomic E-state index is 2.31. The lowest BCUT2D eigenvalue weighted by Gasteiger charge is -2.25. The SMILES string of the molecule is Cc1ccc(-c2c3ccccc3c(-c3ccc(C)cc3)c3c(-c4ccccc4)c4ccccc4c(-c4ccccc4)c23)cc1. The molecule has 0 bridgehead atoms. The Bertz CT molecular complexity index is 2130. The van der Waals surface area contributed by atoms with E-state index in [1.807, 2.05) is 0 Å². The quantitative estimate of drug-likeness (QED) is 0.188. The van der Waals surface area contributed by atoms with Gasteiger partial charge in [0.2, 0.25) is 0 Å². The maximum Gasteiger partial charge on any atom is -0.000139 e. The highest BCUT2D eigenvalue weighted by atomic mass is 14.3. The molecule has 0 fully saturated rings. The van der Waals surface area contributed by atoms with E-state index in [0.717, 1.165) is 0 Å². The molecule has 0 saturated heterocycles. The molecule has 0 amide bonds. The summed E-state index contributed by atoms with van der Waals surface area (Å²) in [6.45, 7) is 4.33. The third-order valence-electron chi connectivity index (χ3n) is 8.99. The van der Waals surface area contributed by atoms with Crippen LogP contribution >= 0.6 is 0 Å². The van der Waals surface area contributed by atoms with Gasteiger partial charge in [0.1, 0.15) is 0 Å². The van der Waals surface area contributed by atoms with Gasteiger partial charge in [0, 0.05) is 0 Å². The first kappa shape index (κ1) is 26.2. The summed E-state index contributed by atoms with van der Waals surface area (Å²) in [4.78, 5) is 0. The average molecular weight is 561 g/mol. The number of aryl methyl sites for hydroxylation is 2. The zero-order chi connectivity index (χ0) is 29.6. The molecule has 0 aliphatic heterocycles. The van der Waals surface area contributed by atoms with Crippen molar-refractivity contribution in [2.45, 2.75) is 13.8 Å². The Morgan fingerprint density at radius 2 is 0.500 bits per heavy atom. The first-order valence-electron chi connectivity index (χ1n) is 15.4. The number of hydrogen-bond donors (Lipinski definition) is 0. The summed E-state index contributed by atoms with van der Waals surface area (Å²) in [7, 11) is 0. The van der Waals surface area contributed by atoms with Crippen LogP contribution in [0.3, 0.4) is 0 Å². The summed E-state index contributed by atoms with van der Waals surface area (Å²) in [5.41, 5.74) is 12.6. The van der Waals surface area contributed by atoms with Crippen LogP contribution in [-0.2, 0) is 0 Å².